The molecule has 0 aliphatic heterocycles. The van der Waals surface area contributed by atoms with Crippen molar-refractivity contribution in [1.29, 1.82) is 0 Å². The lowest BCUT2D eigenvalue weighted by molar-refractivity contribution is 0.0925. The van der Waals surface area contributed by atoms with Crippen LogP contribution in [0.3, 0.4) is 0 Å². The van der Waals surface area contributed by atoms with Crippen LogP contribution in [-0.4, -0.2) is 32.1 Å². The number of rotatable bonds is 10. The lowest BCUT2D eigenvalue weighted by atomic mass is 10.2. The lowest BCUT2D eigenvalue weighted by Crippen LogP contribution is -2.25. The number of amides is 2. The van der Waals surface area contributed by atoms with Gasteiger partial charge in [0.1, 0.15) is 11.3 Å². The van der Waals surface area contributed by atoms with Crippen LogP contribution in [0.1, 0.15) is 32.9 Å². The first-order chi connectivity index (χ1) is 17.0. The van der Waals surface area contributed by atoms with Crippen LogP contribution in [0.2, 0.25) is 0 Å². The van der Waals surface area contributed by atoms with Crippen LogP contribution in [0.4, 0.5) is 11.4 Å². The van der Waals surface area contributed by atoms with Gasteiger partial charge < -0.3 is 30.3 Å². The second-order valence-corrected chi connectivity index (χ2v) is 7.94. The molecule has 0 spiro atoms. The molecule has 0 bridgehead atoms. The van der Waals surface area contributed by atoms with Gasteiger partial charge >= 0.3 is 0 Å². The van der Waals surface area contributed by atoms with Gasteiger partial charge in [0.15, 0.2) is 5.76 Å². The summed E-state index contributed by atoms with van der Waals surface area (Å²) in [5, 5.41) is 6.48. The molecule has 0 atom stereocenters. The number of fused-ring (bicyclic) bond motifs is 1. The van der Waals surface area contributed by atoms with Crippen LogP contribution < -0.4 is 21.1 Å². The Morgan fingerprint density at radius 1 is 0.971 bits per heavy atom. The normalized spacial score (nSPS) is 10.8. The fraction of sp³-hybridized carbons (Fsp3) is 0.185. The summed E-state index contributed by atoms with van der Waals surface area (Å²) in [5.74, 6) is 0.374. The van der Waals surface area contributed by atoms with Crippen molar-refractivity contribution in [3.05, 3.63) is 89.7 Å². The molecule has 0 radical (unpaired) electrons. The van der Waals surface area contributed by atoms with Gasteiger partial charge in [-0.25, -0.2) is 0 Å². The van der Waals surface area contributed by atoms with Gasteiger partial charge in [-0.05, 0) is 66.6 Å². The standard InChI is InChI=1S/C27H27N3O5/c1-33-17-18-7-12-24-20(15-18)16-25(35-24)27(32)29-13-4-14-34-21-10-8-19(9-11-21)26(31)30-23-6-3-2-5-22(23)28/h2-3,5-12,15-16H,4,13-14,17,28H2,1H3,(H,29,32)(H,30,31). The molecule has 8 heteroatoms. The monoisotopic (exact) mass is 473 g/mol. The molecule has 0 unspecified atom stereocenters. The average Bonchev–Trinajstić information content (AvgIpc) is 3.29. The number of anilines is 2. The summed E-state index contributed by atoms with van der Waals surface area (Å²) in [6.45, 7) is 1.35. The highest BCUT2D eigenvalue weighted by Gasteiger charge is 2.12. The molecule has 2 amide bonds. The summed E-state index contributed by atoms with van der Waals surface area (Å²) >= 11 is 0. The predicted molar refractivity (Wildman–Crippen MR) is 135 cm³/mol. The average molecular weight is 474 g/mol. The summed E-state index contributed by atoms with van der Waals surface area (Å²) in [4.78, 5) is 24.8. The first-order valence-electron chi connectivity index (χ1n) is 11.2. The molecular formula is C27H27N3O5. The Hall–Kier alpha value is -4.30. The SMILES string of the molecule is COCc1ccc2oc(C(=O)NCCCOc3ccc(C(=O)Nc4ccccc4N)cc3)cc2c1. The van der Waals surface area contributed by atoms with E-state index < -0.39 is 0 Å². The van der Waals surface area contributed by atoms with Gasteiger partial charge in [0.2, 0.25) is 0 Å². The van der Waals surface area contributed by atoms with E-state index >= 15 is 0 Å². The van der Waals surface area contributed by atoms with Crippen LogP contribution in [0.5, 0.6) is 5.75 Å². The van der Waals surface area contributed by atoms with Crippen molar-refractivity contribution in [3.8, 4) is 5.75 Å². The van der Waals surface area contributed by atoms with E-state index in [1.165, 1.54) is 0 Å². The molecule has 4 aromatic rings. The number of carbonyl (C=O) groups excluding carboxylic acids is 2. The van der Waals surface area contributed by atoms with Gasteiger partial charge in [0, 0.05) is 24.6 Å². The fourth-order valence-corrected chi connectivity index (χ4v) is 3.52. The number of furan rings is 1. The molecule has 0 aliphatic carbocycles. The Morgan fingerprint density at radius 3 is 2.54 bits per heavy atom. The van der Waals surface area contributed by atoms with Gasteiger partial charge in [-0.3, -0.25) is 9.59 Å². The highest BCUT2D eigenvalue weighted by atomic mass is 16.5. The maximum Gasteiger partial charge on any atom is 0.287 e. The third kappa shape index (κ3) is 6.18. The van der Waals surface area contributed by atoms with Crippen LogP contribution in [0.25, 0.3) is 11.0 Å². The molecule has 8 nitrogen and oxygen atoms in total. The number of hydrogen-bond donors (Lipinski definition) is 3. The Kier molecular flexibility index (Phi) is 7.64. The van der Waals surface area contributed by atoms with E-state index in [0.29, 0.717) is 54.5 Å². The minimum Gasteiger partial charge on any atom is -0.494 e. The number of nitrogens with one attached hydrogen (secondary N) is 2. The van der Waals surface area contributed by atoms with Crippen molar-refractivity contribution in [3.63, 3.8) is 0 Å². The van der Waals surface area contributed by atoms with E-state index in [-0.39, 0.29) is 17.6 Å². The Morgan fingerprint density at radius 2 is 1.77 bits per heavy atom. The molecule has 0 fully saturated rings. The first-order valence-corrected chi connectivity index (χ1v) is 11.2. The minimum absolute atomic E-state index is 0.252. The van der Waals surface area contributed by atoms with E-state index in [1.807, 2.05) is 18.2 Å². The maximum absolute atomic E-state index is 12.4. The van der Waals surface area contributed by atoms with Crippen molar-refractivity contribution in [2.75, 3.05) is 31.3 Å². The predicted octanol–water partition coefficient (Wildman–Crippen LogP) is 4.61. The van der Waals surface area contributed by atoms with Crippen molar-refractivity contribution in [1.82, 2.24) is 5.32 Å². The van der Waals surface area contributed by atoms with Gasteiger partial charge in [0.05, 0.1) is 24.6 Å². The molecule has 4 rings (SSSR count). The number of methoxy groups -OCH3 is 1. The lowest BCUT2D eigenvalue weighted by Gasteiger charge is -2.09. The molecule has 4 N–H and O–H groups in total. The summed E-state index contributed by atoms with van der Waals surface area (Å²) in [5.41, 5.74) is 9.10. The third-order valence-electron chi connectivity index (χ3n) is 5.32. The molecule has 0 aliphatic rings. The second kappa shape index (κ2) is 11.2. The van der Waals surface area contributed by atoms with Crippen LogP contribution in [0.15, 0.2) is 77.2 Å². The number of hydrogen-bond acceptors (Lipinski definition) is 6. The Bertz CT molecular complexity index is 1310. The maximum atomic E-state index is 12.4. The van der Waals surface area contributed by atoms with Crippen molar-refractivity contribution < 1.29 is 23.5 Å². The fourth-order valence-electron chi connectivity index (χ4n) is 3.52. The van der Waals surface area contributed by atoms with E-state index in [9.17, 15) is 9.59 Å². The number of nitrogen functional groups attached to an aromatic ring is 1. The van der Waals surface area contributed by atoms with E-state index in [0.717, 1.165) is 10.9 Å². The molecule has 1 heterocycles. The number of nitrogens with two attached hydrogens (primary N) is 1. The van der Waals surface area contributed by atoms with Crippen molar-refractivity contribution in [2.24, 2.45) is 0 Å². The number of benzene rings is 3. The van der Waals surface area contributed by atoms with E-state index in [1.54, 1.807) is 61.7 Å². The molecule has 3 aromatic carbocycles. The Labute approximate surface area is 203 Å². The number of carbonyl (C=O) groups is 2. The minimum atomic E-state index is -0.274. The van der Waals surface area contributed by atoms with Crippen molar-refractivity contribution in [2.45, 2.75) is 13.0 Å². The third-order valence-corrected chi connectivity index (χ3v) is 5.32. The molecule has 1 aromatic heterocycles. The summed E-state index contributed by atoms with van der Waals surface area (Å²) in [6.07, 6.45) is 0.611. The van der Waals surface area contributed by atoms with Gasteiger partial charge in [-0.15, -0.1) is 0 Å². The topological polar surface area (TPSA) is 116 Å². The molecule has 180 valence electrons. The molecular weight excluding hydrogens is 446 g/mol. The molecule has 0 saturated heterocycles. The van der Waals surface area contributed by atoms with Crippen LogP contribution >= 0.6 is 0 Å². The summed E-state index contributed by atoms with van der Waals surface area (Å²) in [7, 11) is 1.64. The highest BCUT2D eigenvalue weighted by Crippen LogP contribution is 2.22. The van der Waals surface area contributed by atoms with Gasteiger partial charge in [-0.1, -0.05) is 18.2 Å². The summed E-state index contributed by atoms with van der Waals surface area (Å²) < 4.78 is 16.5. The zero-order valence-corrected chi connectivity index (χ0v) is 19.4. The zero-order valence-electron chi connectivity index (χ0n) is 19.4. The molecule has 0 saturated carbocycles. The first kappa shape index (κ1) is 23.8. The second-order valence-electron chi connectivity index (χ2n) is 7.94. The van der Waals surface area contributed by atoms with E-state index in [2.05, 4.69) is 10.6 Å². The smallest absolute Gasteiger partial charge is 0.287 e. The van der Waals surface area contributed by atoms with Crippen LogP contribution in [0, 0.1) is 0 Å². The van der Waals surface area contributed by atoms with E-state index in [4.69, 9.17) is 19.6 Å². The quantitative estimate of drug-likeness (QED) is 0.229. The number of ether oxygens (including phenoxy) is 2. The number of para-hydroxylation sites is 2. The summed E-state index contributed by atoms with van der Waals surface area (Å²) in [6, 6.07) is 21.3. The van der Waals surface area contributed by atoms with Gasteiger partial charge in [-0.2, -0.15) is 0 Å². The largest absolute Gasteiger partial charge is 0.494 e. The van der Waals surface area contributed by atoms with Crippen molar-refractivity contribution >= 4 is 34.2 Å². The van der Waals surface area contributed by atoms with Crippen LogP contribution in [-0.2, 0) is 11.3 Å². The zero-order chi connectivity index (χ0) is 24.6. The Balaban J connectivity index is 1.20. The van der Waals surface area contributed by atoms with Gasteiger partial charge in [0.25, 0.3) is 11.8 Å². The molecule has 35 heavy (non-hydrogen) atoms. The highest BCUT2D eigenvalue weighted by molar-refractivity contribution is 6.05.